The quantitative estimate of drug-likeness (QED) is 0.0707. The van der Waals surface area contributed by atoms with Crippen molar-refractivity contribution in [3.05, 3.63) is 36.7 Å². The summed E-state index contributed by atoms with van der Waals surface area (Å²) in [6, 6.07) is 3.76. The zero-order valence-corrected chi connectivity index (χ0v) is 22.6. The second-order valence-electron chi connectivity index (χ2n) is 8.90. The largest absolute Gasteiger partial charge is 0.756 e. The van der Waals surface area contributed by atoms with Crippen molar-refractivity contribution in [1.82, 2.24) is 0 Å². The Hall–Kier alpha value is -1.20. The molecule has 1 aromatic rings. The van der Waals surface area contributed by atoms with Gasteiger partial charge in [0.2, 0.25) is 0 Å². The maximum Gasteiger partial charge on any atom is 0.268 e. The summed E-state index contributed by atoms with van der Waals surface area (Å²) in [6.07, 6.45) is 21.3. The van der Waals surface area contributed by atoms with Gasteiger partial charge in [-0.3, -0.25) is 4.57 Å². The fourth-order valence-corrected chi connectivity index (χ4v) is 4.58. The zero-order valence-electron chi connectivity index (χ0n) is 21.7. The van der Waals surface area contributed by atoms with Crippen LogP contribution in [0.3, 0.4) is 0 Å². The Morgan fingerprint density at radius 2 is 1.41 bits per heavy atom. The summed E-state index contributed by atoms with van der Waals surface area (Å²) in [5.41, 5.74) is 0.851. The Labute approximate surface area is 208 Å². The summed E-state index contributed by atoms with van der Waals surface area (Å²) in [5.74, 6) is 0.587. The average Bonchev–Trinajstić information content (AvgIpc) is 2.82. The molecule has 1 unspecified atom stereocenters. The van der Waals surface area contributed by atoms with Crippen molar-refractivity contribution in [2.75, 3.05) is 19.8 Å². The van der Waals surface area contributed by atoms with Crippen molar-refractivity contribution < 1.29 is 27.8 Å². The highest BCUT2D eigenvalue weighted by Gasteiger charge is 2.12. The van der Waals surface area contributed by atoms with E-state index < -0.39 is 7.82 Å². The number of hydrogen-bond donors (Lipinski definition) is 0. The summed E-state index contributed by atoms with van der Waals surface area (Å²) >= 11 is 0. The predicted octanol–water partition coefficient (Wildman–Crippen LogP) is 6.96. The molecule has 7 heteroatoms. The lowest BCUT2D eigenvalue weighted by Gasteiger charge is -2.21. The standard InChI is InChI=1S/C27H48NO5P/c1-4-6-7-8-9-10-11-12-13-14-15-16-17-18-23-32-34(29,30)33-24-22-28-21-19-20-27(25-28)26(3)31-5-2/h19-21,25H,3-18,22-24H2,1-2H3. The van der Waals surface area contributed by atoms with Gasteiger partial charge in [-0.2, -0.15) is 0 Å². The lowest BCUT2D eigenvalue weighted by molar-refractivity contribution is -0.698. The third-order valence-electron chi connectivity index (χ3n) is 5.84. The molecule has 1 heterocycles. The van der Waals surface area contributed by atoms with Crippen LogP contribution in [0.2, 0.25) is 0 Å². The van der Waals surface area contributed by atoms with Gasteiger partial charge in [0.1, 0.15) is 12.4 Å². The first-order valence-electron chi connectivity index (χ1n) is 13.4. The number of nitrogens with zero attached hydrogens (tertiary/aromatic N) is 1. The van der Waals surface area contributed by atoms with E-state index >= 15 is 0 Å². The van der Waals surface area contributed by atoms with Gasteiger partial charge in [-0.25, -0.2) is 4.57 Å². The average molecular weight is 498 g/mol. The highest BCUT2D eigenvalue weighted by atomic mass is 31.2. The minimum atomic E-state index is -4.26. The van der Waals surface area contributed by atoms with Crippen molar-refractivity contribution in [2.24, 2.45) is 0 Å². The fourth-order valence-electron chi connectivity index (χ4n) is 3.85. The van der Waals surface area contributed by atoms with Gasteiger partial charge in [-0.05, 0) is 19.4 Å². The maximum absolute atomic E-state index is 12.0. The summed E-state index contributed by atoms with van der Waals surface area (Å²) in [6.45, 7) is 9.20. The second-order valence-corrected chi connectivity index (χ2v) is 10.3. The van der Waals surface area contributed by atoms with E-state index in [-0.39, 0.29) is 13.2 Å². The summed E-state index contributed by atoms with van der Waals surface area (Å²) in [7, 11) is -4.26. The third kappa shape index (κ3) is 16.4. The predicted molar refractivity (Wildman–Crippen MR) is 137 cm³/mol. The van der Waals surface area contributed by atoms with Gasteiger partial charge < -0.3 is 18.7 Å². The van der Waals surface area contributed by atoms with Crippen molar-refractivity contribution in [1.29, 1.82) is 0 Å². The Morgan fingerprint density at radius 3 is 1.97 bits per heavy atom. The minimum Gasteiger partial charge on any atom is -0.756 e. The molecule has 1 rings (SSSR count). The Morgan fingerprint density at radius 1 is 0.882 bits per heavy atom. The molecule has 0 aliphatic carbocycles. The van der Waals surface area contributed by atoms with Crippen LogP contribution in [-0.4, -0.2) is 19.8 Å². The van der Waals surface area contributed by atoms with Crippen molar-refractivity contribution in [2.45, 2.75) is 110 Å². The van der Waals surface area contributed by atoms with Gasteiger partial charge in [0, 0.05) is 6.07 Å². The molecule has 196 valence electrons. The number of ether oxygens (including phenoxy) is 1. The number of unbranched alkanes of at least 4 members (excludes halogenated alkanes) is 13. The van der Waals surface area contributed by atoms with Crippen LogP contribution in [0.1, 0.15) is 109 Å². The second kappa shape index (κ2) is 20.0. The molecule has 0 aliphatic heterocycles. The minimum absolute atomic E-state index is 0.0226. The molecular weight excluding hydrogens is 449 g/mol. The molecule has 0 radical (unpaired) electrons. The van der Waals surface area contributed by atoms with Crippen molar-refractivity contribution in [3.63, 3.8) is 0 Å². The van der Waals surface area contributed by atoms with Crippen LogP contribution >= 0.6 is 7.82 Å². The van der Waals surface area contributed by atoms with E-state index in [2.05, 4.69) is 13.5 Å². The molecule has 0 bridgehead atoms. The molecule has 0 amide bonds. The molecule has 0 fully saturated rings. The molecule has 0 aliphatic rings. The lowest BCUT2D eigenvalue weighted by atomic mass is 10.0. The molecule has 34 heavy (non-hydrogen) atoms. The van der Waals surface area contributed by atoms with Crippen molar-refractivity contribution >= 4 is 13.6 Å². The number of aromatic nitrogens is 1. The number of pyridine rings is 1. The summed E-state index contributed by atoms with van der Waals surface area (Å²) < 4.78 is 29.2. The van der Waals surface area contributed by atoms with Gasteiger partial charge in [0.25, 0.3) is 7.82 Å². The molecule has 0 saturated heterocycles. The molecule has 0 N–H and O–H groups in total. The van der Waals surface area contributed by atoms with E-state index in [4.69, 9.17) is 13.8 Å². The van der Waals surface area contributed by atoms with Gasteiger partial charge >= 0.3 is 0 Å². The first-order chi connectivity index (χ1) is 16.5. The molecule has 0 aromatic carbocycles. The Kier molecular flexibility index (Phi) is 18.2. The highest BCUT2D eigenvalue weighted by molar-refractivity contribution is 7.45. The fraction of sp³-hybridized carbons (Fsp3) is 0.741. The smallest absolute Gasteiger partial charge is 0.268 e. The molecule has 0 saturated carbocycles. The number of rotatable bonds is 23. The van der Waals surface area contributed by atoms with Crippen LogP contribution in [-0.2, 0) is 24.9 Å². The van der Waals surface area contributed by atoms with Gasteiger partial charge in [0.15, 0.2) is 18.9 Å². The van der Waals surface area contributed by atoms with Gasteiger partial charge in [0.05, 0.1) is 18.8 Å². The van der Waals surface area contributed by atoms with Crippen LogP contribution in [0.5, 0.6) is 0 Å². The summed E-state index contributed by atoms with van der Waals surface area (Å²) in [5, 5.41) is 0. The highest BCUT2D eigenvalue weighted by Crippen LogP contribution is 2.38. The molecule has 6 nitrogen and oxygen atoms in total. The van der Waals surface area contributed by atoms with Gasteiger partial charge in [-0.1, -0.05) is 97.0 Å². The number of hydrogen-bond acceptors (Lipinski definition) is 5. The Bertz CT molecular complexity index is 697. The van der Waals surface area contributed by atoms with Crippen LogP contribution in [0.4, 0.5) is 0 Å². The van der Waals surface area contributed by atoms with Crippen LogP contribution in [0.15, 0.2) is 31.1 Å². The molecular formula is C27H48NO5P. The van der Waals surface area contributed by atoms with Crippen LogP contribution in [0, 0.1) is 0 Å². The number of phosphoric ester groups is 1. The Balaban J connectivity index is 2.00. The van der Waals surface area contributed by atoms with Crippen LogP contribution in [0.25, 0.3) is 5.76 Å². The number of phosphoric acid groups is 1. The topological polar surface area (TPSA) is 71.7 Å². The van der Waals surface area contributed by atoms with E-state index in [0.717, 1.165) is 24.8 Å². The molecule has 1 atom stereocenters. The first-order valence-corrected chi connectivity index (χ1v) is 14.9. The third-order valence-corrected chi connectivity index (χ3v) is 6.84. The van der Waals surface area contributed by atoms with E-state index in [1.807, 2.05) is 36.0 Å². The zero-order chi connectivity index (χ0) is 24.9. The monoisotopic (exact) mass is 497 g/mol. The van der Waals surface area contributed by atoms with E-state index in [9.17, 15) is 9.46 Å². The SMILES string of the molecule is C=C(OCC)c1ccc[n+](CCOP(=O)([O-])OCCCCCCCCCCCCCCCC)c1. The van der Waals surface area contributed by atoms with E-state index in [1.165, 1.54) is 70.6 Å². The molecule has 1 aromatic heterocycles. The normalized spacial score (nSPS) is 13.0. The van der Waals surface area contributed by atoms with Crippen LogP contribution < -0.4 is 9.46 Å². The maximum atomic E-state index is 12.0. The lowest BCUT2D eigenvalue weighted by Crippen LogP contribution is -2.35. The van der Waals surface area contributed by atoms with E-state index in [0.29, 0.717) is 18.9 Å². The van der Waals surface area contributed by atoms with E-state index in [1.54, 1.807) is 0 Å². The summed E-state index contributed by atoms with van der Waals surface area (Å²) in [4.78, 5) is 12.0. The van der Waals surface area contributed by atoms with Gasteiger partial charge in [-0.15, -0.1) is 0 Å². The van der Waals surface area contributed by atoms with Crippen molar-refractivity contribution in [3.8, 4) is 0 Å². The molecule has 0 spiro atoms. The first kappa shape index (κ1) is 30.8.